The van der Waals surface area contributed by atoms with Gasteiger partial charge in [-0.05, 0) is 96.6 Å². The molecule has 1 saturated heterocycles. The molecular formula is C56H93N13O16S. The Morgan fingerprint density at radius 1 is 0.628 bits per heavy atom. The molecular weight excluding hydrogens is 1140 g/mol. The zero-order valence-electron chi connectivity index (χ0n) is 50.9. The van der Waals surface area contributed by atoms with Crippen molar-refractivity contribution in [1.82, 2.24) is 62.7 Å². The summed E-state index contributed by atoms with van der Waals surface area (Å²) in [5.41, 5.74) is 5.97. The second-order valence-electron chi connectivity index (χ2n) is 22.5. The molecule has 0 radical (unpaired) electrons. The average Bonchev–Trinajstić information content (AvgIpc) is 2.82. The number of hydrogen-bond donors (Lipinski definition) is 14. The van der Waals surface area contributed by atoms with E-state index < -0.39 is 169 Å². The molecule has 11 atom stereocenters. The van der Waals surface area contributed by atoms with Crippen LogP contribution in [-0.2, 0) is 68.7 Å². The van der Waals surface area contributed by atoms with E-state index >= 15 is 0 Å². The topological polar surface area (TPSA) is 449 Å². The molecule has 30 heteroatoms. The average molecular weight is 1240 g/mol. The summed E-state index contributed by atoms with van der Waals surface area (Å²) in [7, 11) is 0. The maximum Gasteiger partial charge on any atom is 0.305 e. The van der Waals surface area contributed by atoms with E-state index in [-0.39, 0.29) is 38.0 Å². The quantitative estimate of drug-likeness (QED) is 0.0342. The van der Waals surface area contributed by atoms with Crippen LogP contribution in [0.3, 0.4) is 0 Å². The number of carboxylic acid groups (broad SMARTS) is 2. The third kappa shape index (κ3) is 27.4. The van der Waals surface area contributed by atoms with Crippen LogP contribution in [-0.4, -0.2) is 199 Å². The summed E-state index contributed by atoms with van der Waals surface area (Å²) in [4.78, 5) is 177. The van der Waals surface area contributed by atoms with Crippen molar-refractivity contribution in [2.24, 2.45) is 17.6 Å². The molecule has 2 heterocycles. The minimum Gasteiger partial charge on any atom is -0.481 e. The Morgan fingerprint density at radius 2 is 1.20 bits per heavy atom. The first-order valence-corrected chi connectivity index (χ1v) is 30.7. The van der Waals surface area contributed by atoms with Crippen molar-refractivity contribution >= 4 is 88.6 Å². The number of unbranched alkanes of at least 4 members (excludes halogenated alkanes) is 5. The molecule has 86 heavy (non-hydrogen) atoms. The summed E-state index contributed by atoms with van der Waals surface area (Å²) in [6.45, 7) is 13.1. The summed E-state index contributed by atoms with van der Waals surface area (Å²) >= 11 is 1.42. The Labute approximate surface area is 506 Å². The fourth-order valence-corrected chi connectivity index (χ4v) is 9.74. The van der Waals surface area contributed by atoms with E-state index in [4.69, 9.17) is 5.73 Å². The highest BCUT2D eigenvalue weighted by molar-refractivity contribution is 7.98. The van der Waals surface area contributed by atoms with Crippen LogP contribution >= 0.6 is 11.8 Å². The first-order chi connectivity index (χ1) is 40.5. The molecule has 1 fully saturated rings. The van der Waals surface area contributed by atoms with Crippen LogP contribution in [0, 0.1) is 11.8 Å². The van der Waals surface area contributed by atoms with E-state index in [1.807, 2.05) is 0 Å². The van der Waals surface area contributed by atoms with E-state index in [1.54, 1.807) is 40.1 Å². The van der Waals surface area contributed by atoms with Gasteiger partial charge >= 0.3 is 11.9 Å². The number of nitrogens with one attached hydrogen (secondary N) is 10. The normalized spacial score (nSPS) is 16.6. The number of H-pyrrole nitrogens is 1. The number of carboxylic acids is 2. The van der Waals surface area contributed by atoms with Crippen molar-refractivity contribution in [2.45, 2.75) is 218 Å². The Bertz CT molecular complexity index is 2450. The number of aromatic nitrogens is 2. The van der Waals surface area contributed by atoms with Gasteiger partial charge in [0.05, 0.1) is 43.1 Å². The summed E-state index contributed by atoms with van der Waals surface area (Å²) in [5.74, 6) is -10.8. The van der Waals surface area contributed by atoms with Gasteiger partial charge in [0.25, 0.3) is 0 Å². The van der Waals surface area contributed by atoms with Crippen LogP contribution in [0.15, 0.2) is 12.5 Å². The number of hydrogen-bond acceptors (Lipinski definition) is 17. The SMILES string of the molecule is CSCC[C@H](NC(=O)[C@@H](NC(=O)[C@H](CC(=O)O)NC(=O)[C@H](CCC(=O)O)NC(=O)[C@H](C)NCCCCCCCCC(=O)[C@H](Cc1c[nH]cn1)NC(=O)[C@H](C)NC(=O)[C@@H](NC(=O)[C@@H]1CCCN1C(=O)[C@H](C)NC(=O)C[C@@H](C)O)C(C)C)C(C)C)C(N)=O. The molecule has 2 rings (SSSR count). The van der Waals surface area contributed by atoms with Crippen LogP contribution in [0.1, 0.15) is 151 Å². The number of carbonyl (C=O) groups excluding carboxylic acids is 11. The monoisotopic (exact) mass is 1240 g/mol. The number of aliphatic carboxylic acids is 2. The number of imidazole rings is 1. The van der Waals surface area contributed by atoms with Gasteiger partial charge in [-0.15, -0.1) is 0 Å². The lowest BCUT2D eigenvalue weighted by Crippen LogP contribution is -2.60. The molecule has 29 nitrogen and oxygen atoms in total. The van der Waals surface area contributed by atoms with E-state index in [0.29, 0.717) is 50.1 Å². The maximum atomic E-state index is 13.6. The number of carbonyl (C=O) groups is 13. The van der Waals surface area contributed by atoms with Crippen molar-refractivity contribution in [3.05, 3.63) is 18.2 Å². The van der Waals surface area contributed by atoms with Gasteiger partial charge in [0.1, 0.15) is 48.3 Å². The number of primary amides is 1. The molecule has 1 aromatic heterocycles. The highest BCUT2D eigenvalue weighted by Crippen LogP contribution is 2.20. The van der Waals surface area contributed by atoms with E-state index in [1.165, 1.54) is 50.7 Å². The van der Waals surface area contributed by atoms with Gasteiger partial charge in [-0.2, -0.15) is 11.8 Å². The largest absolute Gasteiger partial charge is 0.481 e. The Balaban J connectivity index is 1.93. The third-order valence-electron chi connectivity index (χ3n) is 14.2. The molecule has 1 aromatic rings. The minimum atomic E-state index is -1.76. The second-order valence-corrected chi connectivity index (χ2v) is 23.4. The number of aromatic amines is 1. The lowest BCUT2D eigenvalue weighted by atomic mass is 10.00. The van der Waals surface area contributed by atoms with E-state index in [2.05, 4.69) is 57.8 Å². The fraction of sp³-hybridized carbons (Fsp3) is 0.714. The second kappa shape index (κ2) is 38.8. The summed E-state index contributed by atoms with van der Waals surface area (Å²) in [5, 5.41) is 52.0. The van der Waals surface area contributed by atoms with Crippen LogP contribution < -0.4 is 53.6 Å². The number of rotatable bonds is 42. The highest BCUT2D eigenvalue weighted by atomic mass is 32.2. The van der Waals surface area contributed by atoms with E-state index in [9.17, 15) is 77.6 Å². The number of thioether (sulfide) groups is 1. The lowest BCUT2D eigenvalue weighted by molar-refractivity contribution is -0.142. The number of aliphatic hydroxyl groups is 1. The predicted octanol–water partition coefficient (Wildman–Crippen LogP) is -1.20. The van der Waals surface area contributed by atoms with Gasteiger partial charge in [-0.3, -0.25) is 62.3 Å². The number of amides is 10. The maximum absolute atomic E-state index is 13.6. The Kier molecular flexibility index (Phi) is 33.8. The van der Waals surface area contributed by atoms with Crippen LogP contribution in [0.5, 0.6) is 0 Å². The smallest absolute Gasteiger partial charge is 0.305 e. The molecule has 484 valence electrons. The first kappa shape index (κ1) is 74.9. The molecule has 1 aliphatic heterocycles. The van der Waals surface area contributed by atoms with Crippen LogP contribution in [0.25, 0.3) is 0 Å². The predicted molar refractivity (Wildman–Crippen MR) is 316 cm³/mol. The minimum absolute atomic E-state index is 0.0770. The van der Waals surface area contributed by atoms with Crippen molar-refractivity contribution in [3.63, 3.8) is 0 Å². The molecule has 0 bridgehead atoms. The highest BCUT2D eigenvalue weighted by Gasteiger charge is 2.39. The van der Waals surface area contributed by atoms with Gasteiger partial charge in [-0.25, -0.2) is 4.98 Å². The molecule has 0 saturated carbocycles. The Hall–Kier alpha value is -7.21. The summed E-state index contributed by atoms with van der Waals surface area (Å²) in [6.07, 6.45) is 7.17. The summed E-state index contributed by atoms with van der Waals surface area (Å²) in [6, 6.07) is -11.6. The van der Waals surface area contributed by atoms with Crippen LogP contribution in [0.2, 0.25) is 0 Å². The van der Waals surface area contributed by atoms with Gasteiger partial charge in [0.2, 0.25) is 59.1 Å². The number of nitrogens with two attached hydrogens (primary N) is 1. The number of ketones is 1. The standard InChI is InChI=1S/C56H93N13O16S/c1-30(2)46(68-53(82)41-17-16-23-69(41)56(85)35(8)61-43(72)25-32(5)70)54(83)62-34(7)50(79)65-39(26-36-28-58-29-60-36)42(71)18-14-12-10-11-13-15-22-59-33(6)49(78)64-38(19-20-44(73)74)51(80)66-40(27-45(75)76)52(81)67-47(31(3)4)55(84)63-37(48(57)77)21-24-86-9/h28-35,37-41,46-47,59,70H,10-27H2,1-9H3,(H2,57,77)(H,58,60)(H,61,72)(H,62,83)(H,63,84)(H,64,78)(H,65,79)(H,66,80)(H,67,81)(H,68,82)(H,73,74)(H,75,76)/t32-,33+,34+,35+,37+,38+,39+,40+,41+,46+,47+/m1/s1. The van der Waals surface area contributed by atoms with Crippen molar-refractivity contribution in [3.8, 4) is 0 Å². The number of nitrogens with zero attached hydrogens (tertiary/aromatic N) is 2. The third-order valence-corrected chi connectivity index (χ3v) is 14.9. The molecule has 10 amide bonds. The van der Waals surface area contributed by atoms with Gasteiger partial charge < -0.3 is 78.8 Å². The molecule has 15 N–H and O–H groups in total. The molecule has 0 aliphatic carbocycles. The molecule has 0 unspecified atom stereocenters. The fourth-order valence-electron chi connectivity index (χ4n) is 9.27. The number of Topliss-reactive ketones (excluding diaryl/α,β-unsaturated/α-hetero) is 1. The first-order valence-electron chi connectivity index (χ1n) is 29.3. The molecule has 0 aromatic carbocycles. The number of likely N-dealkylation sites (tertiary alicyclic amines) is 1. The number of aliphatic hydroxyl groups excluding tert-OH is 1. The van der Waals surface area contributed by atoms with E-state index in [0.717, 1.165) is 19.3 Å². The van der Waals surface area contributed by atoms with Gasteiger partial charge in [0, 0.05) is 32.0 Å². The van der Waals surface area contributed by atoms with Crippen molar-refractivity contribution in [2.75, 3.05) is 25.1 Å². The zero-order valence-corrected chi connectivity index (χ0v) is 51.7. The zero-order chi connectivity index (χ0) is 64.8. The van der Waals surface area contributed by atoms with Gasteiger partial charge in [0.15, 0.2) is 5.78 Å². The van der Waals surface area contributed by atoms with Crippen molar-refractivity contribution in [1.29, 1.82) is 0 Å². The molecule has 1 aliphatic rings. The molecule has 0 spiro atoms. The van der Waals surface area contributed by atoms with Crippen LogP contribution in [0.4, 0.5) is 0 Å². The Morgan fingerprint density at radius 3 is 1.78 bits per heavy atom. The summed E-state index contributed by atoms with van der Waals surface area (Å²) < 4.78 is 0. The lowest BCUT2D eigenvalue weighted by Gasteiger charge is -2.30. The van der Waals surface area contributed by atoms with Crippen molar-refractivity contribution < 1.29 is 77.6 Å². The van der Waals surface area contributed by atoms with Gasteiger partial charge in [-0.1, -0.05) is 53.4 Å².